The number of ether oxygens (including phenoxy) is 2. The molecule has 2 heterocycles. The zero-order chi connectivity index (χ0) is 19.9. The average Bonchev–Trinajstić information content (AvgIpc) is 3.24. The zero-order valence-electron chi connectivity index (χ0n) is 16.1. The van der Waals surface area contributed by atoms with Gasteiger partial charge in [-0.1, -0.05) is 0 Å². The molecule has 0 unspecified atom stereocenters. The highest BCUT2D eigenvalue weighted by Gasteiger charge is 2.25. The van der Waals surface area contributed by atoms with Crippen LogP contribution in [-0.2, 0) is 14.3 Å². The second-order valence-electron chi connectivity index (χ2n) is 7.00. The molecule has 1 atom stereocenters. The fourth-order valence-electron chi connectivity index (χ4n) is 3.40. The number of likely N-dealkylation sites (tertiary alicyclic amines) is 1. The molecule has 3 amide bonds. The van der Waals surface area contributed by atoms with Crippen LogP contribution in [0.2, 0.25) is 0 Å². The lowest BCUT2D eigenvalue weighted by atomic mass is 10.0. The van der Waals surface area contributed by atoms with Crippen molar-refractivity contribution in [1.29, 1.82) is 0 Å². The van der Waals surface area contributed by atoms with Gasteiger partial charge in [0, 0.05) is 37.0 Å². The molecule has 2 aliphatic heterocycles. The number of rotatable bonds is 5. The van der Waals surface area contributed by atoms with E-state index in [-0.39, 0.29) is 30.1 Å². The SMILES string of the molecule is CCOC(=O)N1CCC(NC(=O)c2ccc(NC(=O)[C@@H]3CCCO3)cc2)CC1. The first-order chi connectivity index (χ1) is 13.6. The van der Waals surface area contributed by atoms with Crippen LogP contribution in [0.4, 0.5) is 10.5 Å². The van der Waals surface area contributed by atoms with Gasteiger partial charge in [-0.25, -0.2) is 4.79 Å². The number of hydrogen-bond acceptors (Lipinski definition) is 5. The van der Waals surface area contributed by atoms with Gasteiger partial charge >= 0.3 is 6.09 Å². The molecule has 8 nitrogen and oxygen atoms in total. The summed E-state index contributed by atoms with van der Waals surface area (Å²) < 4.78 is 10.4. The molecule has 1 aromatic rings. The number of carbonyl (C=O) groups excluding carboxylic acids is 3. The van der Waals surface area contributed by atoms with Crippen LogP contribution in [0, 0.1) is 0 Å². The van der Waals surface area contributed by atoms with Crippen molar-refractivity contribution >= 4 is 23.6 Å². The van der Waals surface area contributed by atoms with Crippen molar-refractivity contribution in [3.63, 3.8) is 0 Å². The average molecular weight is 389 g/mol. The largest absolute Gasteiger partial charge is 0.450 e. The van der Waals surface area contributed by atoms with Crippen molar-refractivity contribution in [3.05, 3.63) is 29.8 Å². The maximum atomic E-state index is 12.4. The smallest absolute Gasteiger partial charge is 0.409 e. The topological polar surface area (TPSA) is 97.0 Å². The van der Waals surface area contributed by atoms with Crippen LogP contribution in [0.1, 0.15) is 43.0 Å². The summed E-state index contributed by atoms with van der Waals surface area (Å²) in [4.78, 5) is 37.9. The Morgan fingerprint density at radius 3 is 2.46 bits per heavy atom. The molecule has 2 aliphatic rings. The lowest BCUT2D eigenvalue weighted by Gasteiger charge is -2.31. The van der Waals surface area contributed by atoms with Gasteiger partial charge in [-0.05, 0) is 56.9 Å². The van der Waals surface area contributed by atoms with Crippen molar-refractivity contribution in [2.75, 3.05) is 31.6 Å². The molecule has 0 bridgehead atoms. The van der Waals surface area contributed by atoms with E-state index in [0.717, 1.165) is 12.8 Å². The van der Waals surface area contributed by atoms with Crippen molar-refractivity contribution in [2.24, 2.45) is 0 Å². The molecule has 2 N–H and O–H groups in total. The molecule has 2 fully saturated rings. The molecule has 0 saturated carbocycles. The Morgan fingerprint density at radius 2 is 1.86 bits per heavy atom. The lowest BCUT2D eigenvalue weighted by molar-refractivity contribution is -0.124. The summed E-state index contributed by atoms with van der Waals surface area (Å²) in [6.45, 7) is 3.90. The number of nitrogens with zero attached hydrogens (tertiary/aromatic N) is 1. The Morgan fingerprint density at radius 1 is 1.14 bits per heavy atom. The summed E-state index contributed by atoms with van der Waals surface area (Å²) in [5, 5.41) is 5.82. The monoisotopic (exact) mass is 389 g/mol. The van der Waals surface area contributed by atoms with Gasteiger partial charge < -0.3 is 25.0 Å². The Kier molecular flexibility index (Phi) is 6.86. The minimum atomic E-state index is -0.386. The van der Waals surface area contributed by atoms with Crippen molar-refractivity contribution in [3.8, 4) is 0 Å². The van der Waals surface area contributed by atoms with Crippen LogP contribution >= 0.6 is 0 Å². The third-order valence-corrected chi connectivity index (χ3v) is 4.99. The van der Waals surface area contributed by atoms with Crippen LogP contribution in [0.25, 0.3) is 0 Å². The van der Waals surface area contributed by atoms with E-state index in [1.807, 2.05) is 0 Å². The fourth-order valence-corrected chi connectivity index (χ4v) is 3.40. The van der Waals surface area contributed by atoms with Crippen molar-refractivity contribution < 1.29 is 23.9 Å². The summed E-state index contributed by atoms with van der Waals surface area (Å²) >= 11 is 0. The van der Waals surface area contributed by atoms with Crippen LogP contribution in [0.3, 0.4) is 0 Å². The zero-order valence-corrected chi connectivity index (χ0v) is 16.1. The molecular weight excluding hydrogens is 362 g/mol. The van der Waals surface area contributed by atoms with Gasteiger partial charge in [0.1, 0.15) is 6.10 Å². The minimum absolute atomic E-state index is 0.0251. The fraction of sp³-hybridized carbons (Fsp3) is 0.550. The number of anilines is 1. The molecule has 1 aromatic carbocycles. The van der Waals surface area contributed by atoms with Gasteiger partial charge in [0.15, 0.2) is 0 Å². The van der Waals surface area contributed by atoms with E-state index in [1.54, 1.807) is 36.1 Å². The molecule has 3 rings (SSSR count). The summed E-state index contributed by atoms with van der Waals surface area (Å²) in [7, 11) is 0. The third-order valence-electron chi connectivity index (χ3n) is 4.99. The highest BCUT2D eigenvalue weighted by molar-refractivity contribution is 5.97. The molecule has 0 radical (unpaired) electrons. The van der Waals surface area contributed by atoms with Gasteiger partial charge in [0.05, 0.1) is 6.61 Å². The highest BCUT2D eigenvalue weighted by atomic mass is 16.6. The summed E-state index contributed by atoms with van der Waals surface area (Å²) in [5.41, 5.74) is 1.17. The first-order valence-corrected chi connectivity index (χ1v) is 9.82. The molecule has 0 aromatic heterocycles. The van der Waals surface area contributed by atoms with Gasteiger partial charge in [-0.3, -0.25) is 9.59 Å². The Balaban J connectivity index is 1.46. The number of hydrogen-bond donors (Lipinski definition) is 2. The van der Waals surface area contributed by atoms with Crippen LogP contribution in [-0.4, -0.2) is 61.3 Å². The van der Waals surface area contributed by atoms with E-state index >= 15 is 0 Å². The summed E-state index contributed by atoms with van der Waals surface area (Å²) in [6.07, 6.45) is 2.34. The van der Waals surface area contributed by atoms with E-state index in [1.165, 1.54) is 0 Å². The maximum Gasteiger partial charge on any atom is 0.409 e. The number of nitrogens with one attached hydrogen (secondary N) is 2. The second kappa shape index (κ2) is 9.54. The third kappa shape index (κ3) is 5.22. The Hall–Kier alpha value is -2.61. The van der Waals surface area contributed by atoms with Crippen molar-refractivity contribution in [2.45, 2.75) is 44.8 Å². The number of piperidine rings is 1. The van der Waals surface area contributed by atoms with E-state index in [9.17, 15) is 14.4 Å². The maximum absolute atomic E-state index is 12.4. The summed E-state index contributed by atoms with van der Waals surface area (Å²) in [6, 6.07) is 6.83. The standard InChI is InChI=1S/C20H27N3O5/c1-2-27-20(26)23-11-9-16(10-12-23)21-18(24)14-5-7-15(8-6-14)22-19(25)17-4-3-13-28-17/h5-8,16-17H,2-4,9-13H2,1H3,(H,21,24)(H,22,25)/t17-/m0/s1. The Bertz CT molecular complexity index is 692. The van der Waals surface area contributed by atoms with Crippen LogP contribution < -0.4 is 10.6 Å². The van der Waals surface area contributed by atoms with Crippen LogP contribution in [0.5, 0.6) is 0 Å². The van der Waals surface area contributed by atoms with Gasteiger partial charge in [-0.15, -0.1) is 0 Å². The van der Waals surface area contributed by atoms with Gasteiger partial charge in [-0.2, -0.15) is 0 Å². The molecule has 0 aliphatic carbocycles. The van der Waals surface area contributed by atoms with E-state index < -0.39 is 0 Å². The second-order valence-corrected chi connectivity index (χ2v) is 7.00. The Labute approximate surface area is 164 Å². The van der Waals surface area contributed by atoms with E-state index in [4.69, 9.17) is 9.47 Å². The normalized spacial score (nSPS) is 19.9. The number of carbonyl (C=O) groups is 3. The number of benzene rings is 1. The van der Waals surface area contributed by atoms with Crippen molar-refractivity contribution in [1.82, 2.24) is 10.2 Å². The molecule has 0 spiro atoms. The summed E-state index contributed by atoms with van der Waals surface area (Å²) in [5.74, 6) is -0.311. The number of amides is 3. The predicted octanol–water partition coefficient (Wildman–Crippen LogP) is 2.15. The first kappa shape index (κ1) is 20.1. The highest BCUT2D eigenvalue weighted by Crippen LogP contribution is 2.17. The predicted molar refractivity (Wildman–Crippen MR) is 103 cm³/mol. The molecule has 8 heteroatoms. The van der Waals surface area contributed by atoms with Gasteiger partial charge in [0.25, 0.3) is 11.8 Å². The quantitative estimate of drug-likeness (QED) is 0.804. The van der Waals surface area contributed by atoms with Gasteiger partial charge in [0.2, 0.25) is 0 Å². The first-order valence-electron chi connectivity index (χ1n) is 9.82. The molecule has 152 valence electrons. The van der Waals surface area contributed by atoms with Crippen LogP contribution in [0.15, 0.2) is 24.3 Å². The lowest BCUT2D eigenvalue weighted by Crippen LogP contribution is -2.46. The molecular formula is C20H27N3O5. The molecule has 2 saturated heterocycles. The minimum Gasteiger partial charge on any atom is -0.450 e. The van der Waals surface area contributed by atoms with E-state index in [2.05, 4.69) is 10.6 Å². The van der Waals surface area contributed by atoms with E-state index in [0.29, 0.717) is 50.4 Å². The molecule has 28 heavy (non-hydrogen) atoms.